The molecule has 2 unspecified atom stereocenters. The van der Waals surface area contributed by atoms with E-state index in [1.54, 1.807) is 27.9 Å². The fourth-order valence-corrected chi connectivity index (χ4v) is 2.92. The molecule has 1 rings (SSSR count). The second kappa shape index (κ2) is 11.8. The number of ether oxygens (including phenoxy) is 2. The van der Waals surface area contributed by atoms with E-state index < -0.39 is 14.6 Å². The molecule has 6 nitrogen and oxygen atoms in total. The number of terminal acetylenes is 1. The molecule has 0 amide bonds. The van der Waals surface area contributed by atoms with E-state index in [-0.39, 0.29) is 24.8 Å². The lowest BCUT2D eigenvalue weighted by molar-refractivity contribution is -0.149. The van der Waals surface area contributed by atoms with Crippen molar-refractivity contribution in [3.05, 3.63) is 30.3 Å². The fraction of sp³-hybridized carbons (Fsp3) is 0.500. The van der Waals surface area contributed by atoms with Gasteiger partial charge in [-0.25, -0.2) is 5.09 Å². The largest absolute Gasteiger partial charge is 0.462 e. The van der Waals surface area contributed by atoms with E-state index in [4.69, 9.17) is 24.9 Å². The Balaban J connectivity index is 2.70. The topological polar surface area (TPSA) is 66.0 Å². The summed E-state index contributed by atoms with van der Waals surface area (Å²) >= 11 is 0. The lowest BCUT2D eigenvalue weighted by Crippen LogP contribution is -2.35. The molecule has 138 valence electrons. The van der Waals surface area contributed by atoms with Gasteiger partial charge in [-0.3, -0.25) is 4.79 Å². The first kappa shape index (κ1) is 21.4. The fourth-order valence-electron chi connectivity index (χ4n) is 1.70. The highest BCUT2D eigenvalue weighted by atomic mass is 31.2. The first-order chi connectivity index (χ1) is 12.0. The standard InChI is InChI=1S/C18H26NO5P/c1-6-10-17(21-5)13-22-25(24-16-11-8-7-9-12-16)19-15(4)18(20)23-14(2)3/h1,7-9,11-12,14-15,17,19H,10,13H2,2-5H3/t15-,17?,25?/m0/s1. The van der Waals surface area contributed by atoms with Crippen molar-refractivity contribution in [2.24, 2.45) is 0 Å². The summed E-state index contributed by atoms with van der Waals surface area (Å²) in [5.74, 6) is 2.81. The highest BCUT2D eigenvalue weighted by molar-refractivity contribution is 7.45. The summed E-state index contributed by atoms with van der Waals surface area (Å²) in [6.45, 7) is 5.55. The Kier molecular flexibility index (Phi) is 10.1. The molecule has 0 aliphatic rings. The molecule has 1 aromatic rings. The molecule has 1 aromatic carbocycles. The van der Waals surface area contributed by atoms with Gasteiger partial charge in [0, 0.05) is 13.5 Å². The van der Waals surface area contributed by atoms with Crippen LogP contribution in [-0.4, -0.2) is 37.9 Å². The van der Waals surface area contributed by atoms with E-state index in [0.29, 0.717) is 12.2 Å². The van der Waals surface area contributed by atoms with E-state index in [1.165, 1.54) is 0 Å². The molecule has 0 bridgehead atoms. The van der Waals surface area contributed by atoms with Crippen LogP contribution in [0, 0.1) is 12.3 Å². The summed E-state index contributed by atoms with van der Waals surface area (Å²) < 4.78 is 22.1. The number of carbonyl (C=O) groups is 1. The molecule has 0 aromatic heterocycles. The summed E-state index contributed by atoms with van der Waals surface area (Å²) in [6, 6.07) is 8.65. The van der Waals surface area contributed by atoms with Crippen LogP contribution in [0.1, 0.15) is 27.2 Å². The molecule has 0 aliphatic carbocycles. The molecule has 1 N–H and O–H groups in total. The van der Waals surface area contributed by atoms with Gasteiger partial charge in [0.1, 0.15) is 11.8 Å². The van der Waals surface area contributed by atoms with Crippen LogP contribution in [0.4, 0.5) is 0 Å². The SMILES string of the molecule is C#CCC(COP(N[C@@H](C)C(=O)OC(C)C)Oc1ccccc1)OC. The molecule has 3 atom stereocenters. The summed E-state index contributed by atoms with van der Waals surface area (Å²) in [6.07, 6.45) is 5.31. The van der Waals surface area contributed by atoms with Gasteiger partial charge in [-0.15, -0.1) is 12.3 Å². The molecular weight excluding hydrogens is 341 g/mol. The van der Waals surface area contributed by atoms with Gasteiger partial charge in [-0.05, 0) is 32.9 Å². The van der Waals surface area contributed by atoms with Crippen LogP contribution in [0.5, 0.6) is 5.75 Å². The quantitative estimate of drug-likeness (QED) is 0.368. The molecule has 0 heterocycles. The van der Waals surface area contributed by atoms with Crippen LogP contribution in [0.15, 0.2) is 30.3 Å². The maximum Gasteiger partial charge on any atom is 0.323 e. The Morgan fingerprint density at radius 3 is 2.52 bits per heavy atom. The van der Waals surface area contributed by atoms with Gasteiger partial charge in [0.05, 0.1) is 18.8 Å². The normalized spacial score (nSPS) is 14.4. The average Bonchev–Trinajstić information content (AvgIpc) is 2.58. The van der Waals surface area contributed by atoms with Crippen molar-refractivity contribution in [3.63, 3.8) is 0 Å². The Morgan fingerprint density at radius 2 is 1.96 bits per heavy atom. The molecule has 0 spiro atoms. The zero-order valence-electron chi connectivity index (χ0n) is 15.1. The number of hydrogen-bond donors (Lipinski definition) is 1. The van der Waals surface area contributed by atoms with Crippen molar-refractivity contribution in [1.82, 2.24) is 5.09 Å². The molecule has 7 heteroatoms. The molecule has 0 aliphatic heterocycles. The van der Waals surface area contributed by atoms with Crippen LogP contribution in [-0.2, 0) is 18.8 Å². The van der Waals surface area contributed by atoms with Crippen LogP contribution in [0.3, 0.4) is 0 Å². The van der Waals surface area contributed by atoms with Gasteiger partial charge in [0.15, 0.2) is 0 Å². The molecule has 0 saturated heterocycles. The van der Waals surface area contributed by atoms with Crippen molar-refractivity contribution in [2.75, 3.05) is 13.7 Å². The Morgan fingerprint density at radius 1 is 1.28 bits per heavy atom. The molecule has 0 fully saturated rings. The minimum absolute atomic E-state index is 0.188. The number of methoxy groups -OCH3 is 1. The molecular formula is C18H26NO5P. The lowest BCUT2D eigenvalue weighted by Gasteiger charge is -2.23. The summed E-state index contributed by atoms with van der Waals surface area (Å²) in [5, 5.41) is 3.03. The van der Waals surface area contributed by atoms with Crippen molar-refractivity contribution in [1.29, 1.82) is 0 Å². The van der Waals surface area contributed by atoms with E-state index in [2.05, 4.69) is 11.0 Å². The second-order valence-corrected chi connectivity index (χ2v) is 6.77. The number of nitrogens with one attached hydrogen (secondary N) is 1. The summed E-state index contributed by atoms with van der Waals surface area (Å²) in [7, 11) is -0.0110. The van der Waals surface area contributed by atoms with Crippen LogP contribution in [0.25, 0.3) is 0 Å². The molecule has 0 saturated carbocycles. The van der Waals surface area contributed by atoms with Gasteiger partial charge in [-0.2, -0.15) is 0 Å². The van der Waals surface area contributed by atoms with E-state index >= 15 is 0 Å². The first-order valence-corrected chi connectivity index (χ1v) is 9.23. The zero-order chi connectivity index (χ0) is 18.7. The maximum absolute atomic E-state index is 12.0. The number of hydrogen-bond acceptors (Lipinski definition) is 6. The number of para-hydroxylation sites is 1. The predicted octanol–water partition coefficient (Wildman–Crippen LogP) is 3.28. The van der Waals surface area contributed by atoms with Gasteiger partial charge in [0.25, 0.3) is 0 Å². The Labute approximate surface area is 151 Å². The summed E-state index contributed by atoms with van der Waals surface area (Å²) in [4.78, 5) is 12.0. The highest BCUT2D eigenvalue weighted by Crippen LogP contribution is 2.36. The van der Waals surface area contributed by atoms with Crippen molar-refractivity contribution in [2.45, 2.75) is 45.4 Å². The lowest BCUT2D eigenvalue weighted by atomic mass is 10.3. The Bertz CT molecular complexity index is 546. The van der Waals surface area contributed by atoms with E-state index in [9.17, 15) is 4.79 Å². The van der Waals surface area contributed by atoms with Crippen LogP contribution in [0.2, 0.25) is 0 Å². The highest BCUT2D eigenvalue weighted by Gasteiger charge is 2.24. The number of rotatable bonds is 11. The smallest absolute Gasteiger partial charge is 0.323 e. The zero-order valence-corrected chi connectivity index (χ0v) is 16.0. The second-order valence-electron chi connectivity index (χ2n) is 5.56. The van der Waals surface area contributed by atoms with Crippen molar-refractivity contribution >= 4 is 14.5 Å². The summed E-state index contributed by atoms with van der Waals surface area (Å²) in [5.41, 5.74) is 0. The Hall–Kier alpha value is -1.64. The van der Waals surface area contributed by atoms with E-state index in [0.717, 1.165) is 0 Å². The van der Waals surface area contributed by atoms with Gasteiger partial charge >= 0.3 is 14.5 Å². The minimum atomic E-state index is -1.58. The van der Waals surface area contributed by atoms with E-state index in [1.807, 2.05) is 30.3 Å². The van der Waals surface area contributed by atoms with Crippen molar-refractivity contribution < 1.29 is 23.3 Å². The predicted molar refractivity (Wildman–Crippen MR) is 98.0 cm³/mol. The number of esters is 1. The van der Waals surface area contributed by atoms with Gasteiger partial charge < -0.3 is 18.5 Å². The minimum Gasteiger partial charge on any atom is -0.462 e. The van der Waals surface area contributed by atoms with Crippen molar-refractivity contribution in [3.8, 4) is 18.1 Å². The van der Waals surface area contributed by atoms with Gasteiger partial charge in [0.2, 0.25) is 0 Å². The molecule has 0 radical (unpaired) electrons. The van der Waals surface area contributed by atoms with Gasteiger partial charge in [-0.1, -0.05) is 18.2 Å². The third kappa shape index (κ3) is 8.85. The third-order valence-electron chi connectivity index (χ3n) is 2.99. The first-order valence-electron chi connectivity index (χ1n) is 8.05. The third-order valence-corrected chi connectivity index (χ3v) is 4.35. The molecule has 25 heavy (non-hydrogen) atoms. The van der Waals surface area contributed by atoms with Crippen LogP contribution >= 0.6 is 8.53 Å². The number of benzene rings is 1. The monoisotopic (exact) mass is 367 g/mol. The van der Waals surface area contributed by atoms with Crippen LogP contribution < -0.4 is 9.61 Å². The average molecular weight is 367 g/mol. The maximum atomic E-state index is 12.0. The number of carbonyl (C=O) groups excluding carboxylic acids is 1.